The maximum atomic E-state index is 12.9. The van der Waals surface area contributed by atoms with Crippen molar-refractivity contribution >= 4 is 5.91 Å². The van der Waals surface area contributed by atoms with Gasteiger partial charge in [0.25, 0.3) is 0 Å². The fourth-order valence-electron chi connectivity index (χ4n) is 4.38. The van der Waals surface area contributed by atoms with Crippen LogP contribution in [0, 0.1) is 0 Å². The van der Waals surface area contributed by atoms with Crippen LogP contribution in [0.15, 0.2) is 42.5 Å². The number of benzene rings is 2. The van der Waals surface area contributed by atoms with Gasteiger partial charge in [0, 0.05) is 23.6 Å². The molecule has 2 aliphatic heterocycles. The van der Waals surface area contributed by atoms with Crippen molar-refractivity contribution in [1.82, 2.24) is 10.2 Å². The molecule has 1 fully saturated rings. The first-order valence-electron chi connectivity index (χ1n) is 10.2. The second kappa shape index (κ2) is 8.74. The number of nitrogens with one attached hydrogen (secondary N) is 1. The Hall–Kier alpha value is -2.73. The number of carbonyl (C=O) groups is 1. The lowest BCUT2D eigenvalue weighted by molar-refractivity contribution is -0.123. The number of likely N-dealkylation sites (tertiary alicyclic amines) is 1. The summed E-state index contributed by atoms with van der Waals surface area (Å²) in [6, 6.07) is 13.9. The van der Waals surface area contributed by atoms with Crippen LogP contribution in [-0.2, 0) is 4.79 Å². The maximum absolute atomic E-state index is 12.9. The van der Waals surface area contributed by atoms with Crippen molar-refractivity contribution in [2.75, 3.05) is 33.9 Å². The Morgan fingerprint density at radius 2 is 2.00 bits per heavy atom. The zero-order chi connectivity index (χ0) is 20.2. The first kappa shape index (κ1) is 19.6. The summed E-state index contributed by atoms with van der Waals surface area (Å²) in [5, 5.41) is 3.21. The van der Waals surface area contributed by atoms with Gasteiger partial charge in [0.15, 0.2) is 0 Å². The summed E-state index contributed by atoms with van der Waals surface area (Å²) >= 11 is 0. The Bertz CT molecular complexity index is 870. The van der Waals surface area contributed by atoms with E-state index in [1.807, 2.05) is 42.5 Å². The lowest BCUT2D eigenvalue weighted by Gasteiger charge is -2.29. The quantitative estimate of drug-likeness (QED) is 0.810. The third-order valence-corrected chi connectivity index (χ3v) is 5.80. The molecule has 2 aromatic carbocycles. The fourth-order valence-corrected chi connectivity index (χ4v) is 4.38. The molecule has 6 heteroatoms. The predicted molar refractivity (Wildman–Crippen MR) is 111 cm³/mol. The van der Waals surface area contributed by atoms with Crippen LogP contribution in [0.4, 0.5) is 0 Å². The van der Waals surface area contributed by atoms with Crippen LogP contribution in [0.5, 0.6) is 17.2 Å². The van der Waals surface area contributed by atoms with Gasteiger partial charge in [-0.3, -0.25) is 9.69 Å². The molecule has 2 heterocycles. The van der Waals surface area contributed by atoms with Crippen LogP contribution < -0.4 is 19.5 Å². The summed E-state index contributed by atoms with van der Waals surface area (Å²) in [6.45, 7) is 1.88. The van der Waals surface area contributed by atoms with Gasteiger partial charge in [0.1, 0.15) is 17.2 Å². The van der Waals surface area contributed by atoms with Crippen LogP contribution in [0.25, 0.3) is 0 Å². The number of para-hydroxylation sites is 1. The molecule has 154 valence electrons. The number of hydrogen-bond acceptors (Lipinski definition) is 5. The van der Waals surface area contributed by atoms with Gasteiger partial charge in [0.05, 0.1) is 33.4 Å². The minimum absolute atomic E-state index is 0.000131. The van der Waals surface area contributed by atoms with Gasteiger partial charge in [-0.15, -0.1) is 0 Å². The molecule has 29 heavy (non-hydrogen) atoms. The molecular formula is C23H28N2O4. The Kier molecular flexibility index (Phi) is 5.90. The molecule has 4 rings (SSSR count). The summed E-state index contributed by atoms with van der Waals surface area (Å²) in [7, 11) is 3.34. The van der Waals surface area contributed by atoms with Gasteiger partial charge in [-0.05, 0) is 43.7 Å². The number of nitrogens with zero attached hydrogens (tertiary/aromatic N) is 1. The molecule has 6 nitrogen and oxygen atoms in total. The van der Waals surface area contributed by atoms with Crippen molar-refractivity contribution in [2.24, 2.45) is 0 Å². The molecule has 0 radical (unpaired) electrons. The Morgan fingerprint density at radius 3 is 2.83 bits per heavy atom. The molecule has 1 saturated heterocycles. The lowest BCUT2D eigenvalue weighted by Crippen LogP contribution is -2.40. The molecule has 1 amide bonds. The highest BCUT2D eigenvalue weighted by Gasteiger charge is 2.31. The van der Waals surface area contributed by atoms with Gasteiger partial charge >= 0.3 is 0 Å². The highest BCUT2D eigenvalue weighted by Crippen LogP contribution is 2.39. The van der Waals surface area contributed by atoms with Crippen molar-refractivity contribution in [3.05, 3.63) is 53.6 Å². The highest BCUT2D eigenvalue weighted by atomic mass is 16.5. The van der Waals surface area contributed by atoms with E-state index < -0.39 is 0 Å². The van der Waals surface area contributed by atoms with E-state index >= 15 is 0 Å². The van der Waals surface area contributed by atoms with E-state index in [1.165, 1.54) is 0 Å². The second-order valence-corrected chi connectivity index (χ2v) is 7.53. The summed E-state index contributed by atoms with van der Waals surface area (Å²) < 4.78 is 16.7. The number of amides is 1. The summed E-state index contributed by atoms with van der Waals surface area (Å²) in [5.41, 5.74) is 2.13. The van der Waals surface area contributed by atoms with Crippen molar-refractivity contribution in [3.8, 4) is 17.2 Å². The summed E-state index contributed by atoms with van der Waals surface area (Å²) in [4.78, 5) is 15.1. The monoisotopic (exact) mass is 396 g/mol. The van der Waals surface area contributed by atoms with E-state index in [0.717, 1.165) is 54.2 Å². The molecule has 0 bridgehead atoms. The van der Waals surface area contributed by atoms with Crippen molar-refractivity contribution < 1.29 is 19.0 Å². The average Bonchev–Trinajstić information content (AvgIpc) is 3.21. The molecule has 2 aliphatic rings. The largest absolute Gasteiger partial charge is 0.497 e. The van der Waals surface area contributed by atoms with Crippen LogP contribution in [0.1, 0.15) is 42.5 Å². The fraction of sp³-hybridized carbons (Fsp3) is 0.435. The van der Waals surface area contributed by atoms with Gasteiger partial charge < -0.3 is 19.5 Å². The molecule has 0 aromatic heterocycles. The van der Waals surface area contributed by atoms with Gasteiger partial charge in [0.2, 0.25) is 5.91 Å². The van der Waals surface area contributed by atoms with E-state index in [-0.39, 0.29) is 18.0 Å². The smallest absolute Gasteiger partial charge is 0.234 e. The van der Waals surface area contributed by atoms with E-state index in [9.17, 15) is 4.79 Å². The number of methoxy groups -OCH3 is 2. The topological polar surface area (TPSA) is 60.0 Å². The number of rotatable bonds is 6. The Balaban J connectivity index is 1.46. The summed E-state index contributed by atoms with van der Waals surface area (Å²) in [6.07, 6.45) is 2.84. The van der Waals surface area contributed by atoms with Gasteiger partial charge in [-0.25, -0.2) is 0 Å². The Morgan fingerprint density at radius 1 is 1.14 bits per heavy atom. The minimum Gasteiger partial charge on any atom is -0.497 e. The predicted octanol–water partition coefficient (Wildman–Crippen LogP) is 3.48. The number of hydrogen-bond donors (Lipinski definition) is 1. The third kappa shape index (κ3) is 4.17. The third-order valence-electron chi connectivity index (χ3n) is 5.80. The van der Waals surface area contributed by atoms with Crippen LogP contribution in [-0.4, -0.2) is 44.7 Å². The number of carbonyl (C=O) groups excluding carboxylic acids is 1. The number of ether oxygens (including phenoxy) is 3. The molecule has 2 aromatic rings. The van der Waals surface area contributed by atoms with Gasteiger partial charge in [-0.2, -0.15) is 0 Å². The normalized spacial score (nSPS) is 21.2. The SMILES string of the molecule is COc1ccc(OC)c([C@H]2CCCN2CC(=O)N[C@@H]2CCOc3ccccc32)c1. The molecule has 0 spiro atoms. The van der Waals surface area contributed by atoms with Crippen molar-refractivity contribution in [3.63, 3.8) is 0 Å². The van der Waals surface area contributed by atoms with Crippen LogP contribution >= 0.6 is 0 Å². The lowest BCUT2D eigenvalue weighted by atomic mass is 10.0. The molecule has 0 aliphatic carbocycles. The zero-order valence-electron chi connectivity index (χ0n) is 17.0. The highest BCUT2D eigenvalue weighted by molar-refractivity contribution is 5.79. The van der Waals surface area contributed by atoms with E-state index in [1.54, 1.807) is 14.2 Å². The van der Waals surface area contributed by atoms with Crippen molar-refractivity contribution in [1.29, 1.82) is 0 Å². The molecule has 0 unspecified atom stereocenters. The number of fused-ring (bicyclic) bond motifs is 1. The van der Waals surface area contributed by atoms with Crippen LogP contribution in [0.3, 0.4) is 0 Å². The summed E-state index contributed by atoms with van der Waals surface area (Å²) in [5.74, 6) is 2.54. The van der Waals surface area contributed by atoms with E-state index in [4.69, 9.17) is 14.2 Å². The molecule has 2 atom stereocenters. The van der Waals surface area contributed by atoms with E-state index in [0.29, 0.717) is 13.2 Å². The first-order chi connectivity index (χ1) is 14.2. The van der Waals surface area contributed by atoms with Crippen LogP contribution in [0.2, 0.25) is 0 Å². The van der Waals surface area contributed by atoms with Crippen molar-refractivity contribution in [2.45, 2.75) is 31.3 Å². The second-order valence-electron chi connectivity index (χ2n) is 7.53. The molecule has 0 saturated carbocycles. The zero-order valence-corrected chi connectivity index (χ0v) is 17.0. The molecule has 1 N–H and O–H groups in total. The Labute approximate surface area is 171 Å². The van der Waals surface area contributed by atoms with E-state index in [2.05, 4.69) is 10.2 Å². The first-order valence-corrected chi connectivity index (χ1v) is 10.2. The average molecular weight is 396 g/mol. The standard InChI is InChI=1S/C23H28N2O4/c1-27-16-9-10-21(28-2)18(14-16)20-7-5-12-25(20)15-23(26)24-19-11-13-29-22-8-4-3-6-17(19)22/h3-4,6,8-10,14,19-20H,5,7,11-13,15H2,1-2H3,(H,24,26)/t19-,20-/m1/s1. The maximum Gasteiger partial charge on any atom is 0.234 e. The minimum atomic E-state index is -0.000131. The van der Waals surface area contributed by atoms with Gasteiger partial charge in [-0.1, -0.05) is 18.2 Å². The molecular weight excluding hydrogens is 368 g/mol.